The van der Waals surface area contributed by atoms with Crippen LogP contribution in [0.25, 0.3) is 0 Å². The molecule has 0 saturated carbocycles. The highest BCUT2D eigenvalue weighted by Gasteiger charge is 2.50. The van der Waals surface area contributed by atoms with Gasteiger partial charge in [-0.1, -0.05) is 60.7 Å². The van der Waals surface area contributed by atoms with E-state index in [0.29, 0.717) is 26.1 Å². The molecule has 0 spiro atoms. The summed E-state index contributed by atoms with van der Waals surface area (Å²) >= 11 is 0. The van der Waals surface area contributed by atoms with E-state index >= 15 is 0 Å². The zero-order valence-electron chi connectivity index (χ0n) is 15.8. The average Bonchev–Trinajstić information content (AvgIpc) is 2.77. The maximum Gasteiger partial charge on any atom is 0.279 e. The molecule has 148 valence electrons. The summed E-state index contributed by atoms with van der Waals surface area (Å²) in [5.74, 6) is 4.32. The van der Waals surface area contributed by atoms with Gasteiger partial charge in [0.25, 0.3) is 11.8 Å². The zero-order valence-corrected chi connectivity index (χ0v) is 15.8. The van der Waals surface area contributed by atoms with Crippen molar-refractivity contribution < 1.29 is 14.3 Å². The van der Waals surface area contributed by atoms with Crippen LogP contribution in [0.4, 0.5) is 0 Å². The van der Waals surface area contributed by atoms with Gasteiger partial charge < -0.3 is 4.74 Å². The Morgan fingerprint density at radius 1 is 1.00 bits per heavy atom. The number of hydrogen-bond donors (Lipinski definition) is 3. The second kappa shape index (κ2) is 9.45. The van der Waals surface area contributed by atoms with Gasteiger partial charge in [-0.2, -0.15) is 0 Å². The molecule has 7 heteroatoms. The fraction of sp³-hybridized carbons (Fsp3) is 0.333. The molecule has 2 amide bonds. The lowest BCUT2D eigenvalue weighted by atomic mass is 9.91. The standard InChI is InChI=1S/C21H26N4O3/c22-24-19(26)21(13-7-8-14-28-21)20(27)25(16-18-11-5-2-6-12-18)23-15-17-9-3-1-4-10-17/h1-6,9-12,23H,7-8,13-16,22H2,(H,24,26). The molecule has 2 aromatic rings. The van der Waals surface area contributed by atoms with Crippen LogP contribution in [0.2, 0.25) is 0 Å². The molecule has 0 bridgehead atoms. The number of hydrogen-bond acceptors (Lipinski definition) is 5. The lowest BCUT2D eigenvalue weighted by Gasteiger charge is -2.38. The average molecular weight is 382 g/mol. The number of benzene rings is 2. The fourth-order valence-electron chi connectivity index (χ4n) is 3.32. The Balaban J connectivity index is 1.84. The highest BCUT2D eigenvalue weighted by atomic mass is 16.5. The highest BCUT2D eigenvalue weighted by Crippen LogP contribution is 2.28. The molecule has 2 aromatic carbocycles. The Kier molecular flexibility index (Phi) is 6.76. The smallest absolute Gasteiger partial charge is 0.279 e. The molecule has 1 fully saturated rings. The summed E-state index contributed by atoms with van der Waals surface area (Å²) in [6, 6.07) is 19.4. The number of nitrogens with two attached hydrogens (primary N) is 1. The Morgan fingerprint density at radius 3 is 2.21 bits per heavy atom. The topological polar surface area (TPSA) is 96.7 Å². The van der Waals surface area contributed by atoms with Crippen LogP contribution in [0.3, 0.4) is 0 Å². The lowest BCUT2D eigenvalue weighted by molar-refractivity contribution is -0.177. The van der Waals surface area contributed by atoms with Gasteiger partial charge in [0.1, 0.15) is 0 Å². The predicted molar refractivity (Wildman–Crippen MR) is 105 cm³/mol. The third-order valence-electron chi connectivity index (χ3n) is 4.86. The molecule has 0 radical (unpaired) electrons. The molecule has 1 heterocycles. The summed E-state index contributed by atoms with van der Waals surface area (Å²) in [6.07, 6.45) is 1.83. The highest BCUT2D eigenvalue weighted by molar-refractivity contribution is 6.08. The first kappa shape index (κ1) is 20.0. The van der Waals surface area contributed by atoms with Gasteiger partial charge in [0.2, 0.25) is 5.60 Å². The van der Waals surface area contributed by atoms with Crippen molar-refractivity contribution in [1.29, 1.82) is 0 Å². The normalized spacial score (nSPS) is 19.0. The van der Waals surface area contributed by atoms with E-state index in [0.717, 1.165) is 24.0 Å². The minimum Gasteiger partial charge on any atom is -0.356 e. The van der Waals surface area contributed by atoms with E-state index in [1.54, 1.807) is 0 Å². The van der Waals surface area contributed by atoms with E-state index < -0.39 is 17.4 Å². The molecule has 0 aromatic heterocycles. The lowest BCUT2D eigenvalue weighted by Crippen LogP contribution is -2.63. The summed E-state index contributed by atoms with van der Waals surface area (Å²) in [5.41, 5.74) is 5.64. The number of carbonyl (C=O) groups is 2. The molecular formula is C21H26N4O3. The van der Waals surface area contributed by atoms with Crippen molar-refractivity contribution in [2.75, 3.05) is 6.61 Å². The van der Waals surface area contributed by atoms with Crippen LogP contribution in [-0.2, 0) is 27.4 Å². The van der Waals surface area contributed by atoms with Crippen LogP contribution < -0.4 is 16.7 Å². The second-order valence-electron chi connectivity index (χ2n) is 6.80. The van der Waals surface area contributed by atoms with Crippen molar-refractivity contribution in [3.8, 4) is 0 Å². The van der Waals surface area contributed by atoms with Gasteiger partial charge in [-0.25, -0.2) is 11.3 Å². The summed E-state index contributed by atoms with van der Waals surface area (Å²) in [7, 11) is 0. The summed E-state index contributed by atoms with van der Waals surface area (Å²) in [6.45, 7) is 1.09. The van der Waals surface area contributed by atoms with Crippen LogP contribution in [-0.4, -0.2) is 29.0 Å². The van der Waals surface area contributed by atoms with Crippen LogP contribution in [0.1, 0.15) is 30.4 Å². The summed E-state index contributed by atoms with van der Waals surface area (Å²) in [4.78, 5) is 26.0. The van der Waals surface area contributed by atoms with E-state index in [1.807, 2.05) is 60.7 Å². The fourth-order valence-corrected chi connectivity index (χ4v) is 3.32. The van der Waals surface area contributed by atoms with Crippen molar-refractivity contribution >= 4 is 11.8 Å². The quantitative estimate of drug-likeness (QED) is 0.293. The number of rotatable bonds is 7. The SMILES string of the molecule is NNC(=O)C1(C(=O)N(Cc2ccccc2)NCc2ccccc2)CCCCO1. The Bertz CT molecular complexity index is 777. The molecule has 1 aliphatic rings. The molecular weight excluding hydrogens is 356 g/mol. The number of ether oxygens (including phenoxy) is 1. The summed E-state index contributed by atoms with van der Waals surface area (Å²) < 4.78 is 5.73. The molecule has 3 rings (SSSR count). The largest absolute Gasteiger partial charge is 0.356 e. The van der Waals surface area contributed by atoms with Gasteiger partial charge in [0.05, 0.1) is 6.54 Å². The molecule has 0 aliphatic carbocycles. The summed E-state index contributed by atoms with van der Waals surface area (Å²) in [5, 5.41) is 1.46. The van der Waals surface area contributed by atoms with Crippen molar-refractivity contribution in [3.63, 3.8) is 0 Å². The molecule has 1 unspecified atom stereocenters. The van der Waals surface area contributed by atoms with E-state index in [4.69, 9.17) is 10.6 Å². The molecule has 1 aliphatic heterocycles. The molecule has 1 saturated heterocycles. The van der Waals surface area contributed by atoms with E-state index in [-0.39, 0.29) is 0 Å². The zero-order chi connectivity index (χ0) is 19.8. The number of amides is 2. The van der Waals surface area contributed by atoms with Gasteiger partial charge in [0, 0.05) is 13.2 Å². The van der Waals surface area contributed by atoms with Crippen LogP contribution in [0.5, 0.6) is 0 Å². The van der Waals surface area contributed by atoms with Crippen LogP contribution in [0.15, 0.2) is 60.7 Å². The van der Waals surface area contributed by atoms with Gasteiger partial charge in [-0.05, 0) is 30.4 Å². The third-order valence-corrected chi connectivity index (χ3v) is 4.86. The Labute approximate surface area is 164 Å². The first-order valence-electron chi connectivity index (χ1n) is 9.44. The molecule has 4 N–H and O–H groups in total. The maximum absolute atomic E-state index is 13.5. The van der Waals surface area contributed by atoms with E-state index in [2.05, 4.69) is 10.9 Å². The third kappa shape index (κ3) is 4.56. The van der Waals surface area contributed by atoms with Crippen molar-refractivity contribution in [2.24, 2.45) is 5.84 Å². The minimum atomic E-state index is -1.61. The van der Waals surface area contributed by atoms with Crippen molar-refractivity contribution in [1.82, 2.24) is 15.9 Å². The van der Waals surface area contributed by atoms with Crippen LogP contribution >= 0.6 is 0 Å². The number of carbonyl (C=O) groups excluding carboxylic acids is 2. The first-order chi connectivity index (χ1) is 13.7. The Hall–Kier alpha value is -2.74. The molecule has 7 nitrogen and oxygen atoms in total. The second-order valence-corrected chi connectivity index (χ2v) is 6.80. The minimum absolute atomic E-state index is 0.299. The van der Waals surface area contributed by atoms with Gasteiger partial charge in [-0.3, -0.25) is 20.0 Å². The Morgan fingerprint density at radius 2 is 1.64 bits per heavy atom. The number of nitrogens with one attached hydrogen (secondary N) is 2. The van der Waals surface area contributed by atoms with Crippen LogP contribution in [0, 0.1) is 0 Å². The first-order valence-corrected chi connectivity index (χ1v) is 9.44. The van der Waals surface area contributed by atoms with Crippen molar-refractivity contribution in [3.05, 3.63) is 71.8 Å². The molecule has 28 heavy (non-hydrogen) atoms. The van der Waals surface area contributed by atoms with Crippen molar-refractivity contribution in [2.45, 2.75) is 38.0 Å². The van der Waals surface area contributed by atoms with Gasteiger partial charge in [0.15, 0.2) is 0 Å². The monoisotopic (exact) mass is 382 g/mol. The van der Waals surface area contributed by atoms with E-state index in [9.17, 15) is 9.59 Å². The maximum atomic E-state index is 13.5. The van der Waals surface area contributed by atoms with Gasteiger partial charge >= 0.3 is 0 Å². The van der Waals surface area contributed by atoms with Gasteiger partial charge in [-0.15, -0.1) is 0 Å². The molecule has 1 atom stereocenters. The number of nitrogens with zero attached hydrogens (tertiary/aromatic N) is 1. The predicted octanol–water partition coefficient (Wildman–Crippen LogP) is 1.65. The van der Waals surface area contributed by atoms with E-state index in [1.165, 1.54) is 5.01 Å². The number of hydrazine groups is 2.